The predicted molar refractivity (Wildman–Crippen MR) is 104 cm³/mol. The molecule has 1 aromatic carbocycles. The highest BCUT2D eigenvalue weighted by molar-refractivity contribution is 8.00. The van der Waals surface area contributed by atoms with Crippen LogP contribution in [0, 0.1) is 6.92 Å². The number of alkyl halides is 3. The van der Waals surface area contributed by atoms with Crippen LogP contribution in [0.5, 0.6) is 0 Å². The highest BCUT2D eigenvalue weighted by atomic mass is 32.2. The molecule has 0 saturated carbocycles. The van der Waals surface area contributed by atoms with E-state index in [1.54, 1.807) is 13.0 Å². The van der Waals surface area contributed by atoms with E-state index in [0.717, 1.165) is 21.9 Å². The number of benzene rings is 1. The van der Waals surface area contributed by atoms with Gasteiger partial charge >= 0.3 is 12.2 Å². The van der Waals surface area contributed by atoms with Gasteiger partial charge in [0, 0.05) is 17.3 Å². The van der Waals surface area contributed by atoms with Crippen molar-refractivity contribution in [3.05, 3.63) is 52.6 Å². The normalized spacial score (nSPS) is 11.3. The molecule has 0 unspecified atom stereocenters. The number of rotatable bonds is 4. The monoisotopic (exact) mass is 441 g/mol. The first-order chi connectivity index (χ1) is 13.7. The number of nitrogens with zero attached hydrogens (tertiary/aromatic N) is 1. The Morgan fingerprint density at radius 2 is 2.00 bits per heavy atom. The smallest absolute Gasteiger partial charge is 0.364 e. The van der Waals surface area contributed by atoms with Crippen LogP contribution in [-0.2, 0) is 6.18 Å². The van der Waals surface area contributed by atoms with Crippen molar-refractivity contribution in [3.63, 3.8) is 0 Å². The molecule has 6 nitrogen and oxygen atoms in total. The fraction of sp³-hybridized carbons (Fsp3) is 0.167. The van der Waals surface area contributed by atoms with E-state index in [2.05, 4.69) is 15.8 Å². The molecule has 0 saturated heterocycles. The van der Waals surface area contributed by atoms with Crippen molar-refractivity contribution >= 4 is 40.7 Å². The summed E-state index contributed by atoms with van der Waals surface area (Å²) >= 11 is 2.61. The maximum absolute atomic E-state index is 12.8. The van der Waals surface area contributed by atoms with Crippen LogP contribution in [0.1, 0.15) is 20.8 Å². The van der Waals surface area contributed by atoms with Crippen LogP contribution in [0.15, 0.2) is 45.3 Å². The standard InChI is InChI=1S/C18H14F3N3O3S2/c1-9-13(12-6-7-27-24-12)16(28-2)29-14(9)15(25)23-17(26)22-11-5-3-4-10(8-11)18(19,20)21/h3-8H,1-2H3,(H2,22,23,25,26). The van der Waals surface area contributed by atoms with Gasteiger partial charge in [0.1, 0.15) is 12.0 Å². The lowest BCUT2D eigenvalue weighted by Gasteiger charge is -2.10. The number of urea groups is 1. The van der Waals surface area contributed by atoms with Crippen LogP contribution in [0.4, 0.5) is 23.7 Å². The second-order valence-corrected chi connectivity index (χ2v) is 7.89. The van der Waals surface area contributed by atoms with Crippen molar-refractivity contribution < 1.29 is 27.3 Å². The second kappa shape index (κ2) is 8.29. The van der Waals surface area contributed by atoms with Gasteiger partial charge in [-0.3, -0.25) is 10.1 Å². The average molecular weight is 441 g/mol. The fourth-order valence-corrected chi connectivity index (χ4v) is 4.57. The maximum atomic E-state index is 12.8. The first-order valence-electron chi connectivity index (χ1n) is 8.08. The Bertz CT molecular complexity index is 1050. The van der Waals surface area contributed by atoms with E-state index in [1.165, 1.54) is 41.5 Å². The number of carbonyl (C=O) groups excluding carboxylic acids is 2. The Morgan fingerprint density at radius 1 is 1.24 bits per heavy atom. The molecule has 2 aromatic heterocycles. The third kappa shape index (κ3) is 4.62. The van der Waals surface area contributed by atoms with Crippen LogP contribution < -0.4 is 10.6 Å². The summed E-state index contributed by atoms with van der Waals surface area (Å²) in [6.07, 6.45) is -1.28. The minimum Gasteiger partial charge on any atom is -0.364 e. The van der Waals surface area contributed by atoms with Crippen LogP contribution in [0.3, 0.4) is 0 Å². The molecule has 0 aliphatic rings. The first-order valence-corrected chi connectivity index (χ1v) is 10.1. The molecule has 0 fully saturated rings. The fourth-order valence-electron chi connectivity index (χ4n) is 2.58. The molecule has 0 spiro atoms. The molecule has 0 aliphatic carbocycles. The third-order valence-electron chi connectivity index (χ3n) is 3.87. The minimum absolute atomic E-state index is 0.0823. The van der Waals surface area contributed by atoms with Crippen molar-refractivity contribution in [1.29, 1.82) is 0 Å². The number of hydrogen-bond acceptors (Lipinski definition) is 6. The third-order valence-corrected chi connectivity index (χ3v) is 6.29. The van der Waals surface area contributed by atoms with Crippen LogP contribution >= 0.6 is 23.1 Å². The number of imide groups is 1. The molecule has 0 atom stereocenters. The Hall–Kier alpha value is -2.79. The zero-order valence-electron chi connectivity index (χ0n) is 15.1. The molecular weight excluding hydrogens is 427 g/mol. The van der Waals surface area contributed by atoms with Crippen molar-refractivity contribution in [2.75, 3.05) is 11.6 Å². The van der Waals surface area contributed by atoms with E-state index >= 15 is 0 Å². The molecule has 0 radical (unpaired) electrons. The summed E-state index contributed by atoms with van der Waals surface area (Å²) in [6, 6.07) is 4.86. The number of carbonyl (C=O) groups is 2. The lowest BCUT2D eigenvalue weighted by Crippen LogP contribution is -2.34. The quantitative estimate of drug-likeness (QED) is 0.529. The molecule has 0 aliphatic heterocycles. The van der Waals surface area contributed by atoms with Gasteiger partial charge in [-0.15, -0.1) is 23.1 Å². The minimum atomic E-state index is -4.54. The van der Waals surface area contributed by atoms with Gasteiger partial charge in [-0.1, -0.05) is 11.2 Å². The van der Waals surface area contributed by atoms with Crippen molar-refractivity contribution in [2.45, 2.75) is 17.3 Å². The number of hydrogen-bond donors (Lipinski definition) is 2. The SMILES string of the molecule is CSc1sc(C(=O)NC(=O)Nc2cccc(C(F)(F)F)c2)c(C)c1-c1ccon1. The molecule has 2 heterocycles. The molecular formula is C18H14F3N3O3S2. The summed E-state index contributed by atoms with van der Waals surface area (Å²) in [5, 5.41) is 8.27. The van der Waals surface area contributed by atoms with Crippen LogP contribution in [0.2, 0.25) is 0 Å². The summed E-state index contributed by atoms with van der Waals surface area (Å²) in [4.78, 5) is 25.0. The molecule has 29 heavy (non-hydrogen) atoms. The van der Waals surface area contributed by atoms with Gasteiger partial charge in [-0.2, -0.15) is 13.2 Å². The first kappa shape index (κ1) is 20.9. The summed E-state index contributed by atoms with van der Waals surface area (Å²) in [5.41, 5.74) is 0.937. The largest absolute Gasteiger partial charge is 0.416 e. The Labute approximate surface area is 171 Å². The van der Waals surface area contributed by atoms with E-state index in [0.29, 0.717) is 16.1 Å². The average Bonchev–Trinajstić information content (AvgIpc) is 3.28. The zero-order valence-corrected chi connectivity index (χ0v) is 16.7. The van der Waals surface area contributed by atoms with Crippen LogP contribution in [0.25, 0.3) is 11.3 Å². The Kier molecular flexibility index (Phi) is 5.99. The number of thiophene rings is 1. The molecule has 11 heteroatoms. The summed E-state index contributed by atoms with van der Waals surface area (Å²) in [5.74, 6) is -0.665. The van der Waals surface area contributed by atoms with E-state index in [-0.39, 0.29) is 5.69 Å². The number of halogens is 3. The van der Waals surface area contributed by atoms with Crippen molar-refractivity contribution in [2.24, 2.45) is 0 Å². The lowest BCUT2D eigenvalue weighted by molar-refractivity contribution is -0.137. The van der Waals surface area contributed by atoms with Gasteiger partial charge in [-0.25, -0.2) is 4.79 Å². The number of thioether (sulfide) groups is 1. The van der Waals surface area contributed by atoms with Gasteiger partial charge in [-0.05, 0) is 36.9 Å². The van der Waals surface area contributed by atoms with Gasteiger partial charge in [0.05, 0.1) is 14.6 Å². The van der Waals surface area contributed by atoms with E-state index in [9.17, 15) is 22.8 Å². The lowest BCUT2D eigenvalue weighted by atomic mass is 10.1. The number of aromatic nitrogens is 1. The highest BCUT2D eigenvalue weighted by Crippen LogP contribution is 2.41. The van der Waals surface area contributed by atoms with Gasteiger partial charge in [0.25, 0.3) is 5.91 Å². The van der Waals surface area contributed by atoms with Gasteiger partial charge in [0.2, 0.25) is 0 Å². The molecule has 3 amide bonds. The predicted octanol–water partition coefficient (Wildman–Crippen LogP) is 5.41. The van der Waals surface area contributed by atoms with Gasteiger partial charge < -0.3 is 9.84 Å². The highest BCUT2D eigenvalue weighted by Gasteiger charge is 2.30. The molecule has 152 valence electrons. The Balaban J connectivity index is 1.76. The van der Waals surface area contributed by atoms with E-state index in [1.807, 2.05) is 6.26 Å². The Morgan fingerprint density at radius 3 is 2.62 bits per heavy atom. The zero-order chi connectivity index (χ0) is 21.2. The summed E-state index contributed by atoms with van der Waals surface area (Å²) < 4.78 is 44.0. The van der Waals surface area contributed by atoms with E-state index < -0.39 is 23.7 Å². The van der Waals surface area contributed by atoms with Crippen molar-refractivity contribution in [3.8, 4) is 11.3 Å². The molecule has 2 N–H and O–H groups in total. The van der Waals surface area contributed by atoms with E-state index in [4.69, 9.17) is 4.52 Å². The van der Waals surface area contributed by atoms with Crippen LogP contribution in [-0.4, -0.2) is 23.4 Å². The summed E-state index contributed by atoms with van der Waals surface area (Å²) in [6.45, 7) is 1.72. The molecule has 3 aromatic rings. The topological polar surface area (TPSA) is 84.2 Å². The summed E-state index contributed by atoms with van der Waals surface area (Å²) in [7, 11) is 0. The van der Waals surface area contributed by atoms with Gasteiger partial charge in [0.15, 0.2) is 0 Å². The number of amides is 3. The number of nitrogens with one attached hydrogen (secondary N) is 2. The molecule has 0 bridgehead atoms. The van der Waals surface area contributed by atoms with Crippen molar-refractivity contribution in [1.82, 2.24) is 10.5 Å². The molecule has 3 rings (SSSR count). The maximum Gasteiger partial charge on any atom is 0.416 e. The second-order valence-electron chi connectivity index (χ2n) is 5.79. The number of anilines is 1.